The number of carboxylic acid groups (broad SMARTS) is 1. The molecule has 0 unspecified atom stereocenters. The van der Waals surface area contributed by atoms with Crippen molar-refractivity contribution in [2.45, 2.75) is 12.8 Å². The molecule has 0 bridgehead atoms. The van der Waals surface area contributed by atoms with E-state index in [1.54, 1.807) is 12.1 Å². The van der Waals surface area contributed by atoms with Gasteiger partial charge >= 0.3 is 5.97 Å². The molecule has 104 valence electrons. The van der Waals surface area contributed by atoms with Crippen LogP contribution in [0.15, 0.2) is 30.3 Å². The van der Waals surface area contributed by atoms with Gasteiger partial charge in [0.05, 0.1) is 12.1 Å². The summed E-state index contributed by atoms with van der Waals surface area (Å²) < 4.78 is 0. The number of rotatable bonds is 5. The quantitative estimate of drug-likeness (QED) is 0.776. The van der Waals surface area contributed by atoms with Crippen LogP contribution in [0.3, 0.4) is 0 Å². The summed E-state index contributed by atoms with van der Waals surface area (Å²) in [6, 6.07) is 8.99. The molecule has 5 nitrogen and oxygen atoms in total. The normalized spacial score (nSPS) is 16.1. The summed E-state index contributed by atoms with van der Waals surface area (Å²) in [4.78, 5) is 15.3. The zero-order valence-corrected chi connectivity index (χ0v) is 11.0. The van der Waals surface area contributed by atoms with Crippen LogP contribution in [-0.4, -0.2) is 34.3 Å². The van der Waals surface area contributed by atoms with E-state index in [1.807, 2.05) is 18.2 Å². The Morgan fingerprint density at radius 3 is 2.75 bits per heavy atom. The molecule has 1 aliphatic carbocycles. The van der Waals surface area contributed by atoms with Gasteiger partial charge in [0.15, 0.2) is 5.69 Å². The molecule has 0 amide bonds. The van der Waals surface area contributed by atoms with Crippen molar-refractivity contribution in [3.8, 4) is 0 Å². The Bertz CT molecular complexity index is 665. The Balaban J connectivity index is 1.97. The summed E-state index contributed by atoms with van der Waals surface area (Å²) in [7, 11) is 0. The van der Waals surface area contributed by atoms with Gasteiger partial charge in [-0.1, -0.05) is 18.2 Å². The average molecular weight is 272 g/mol. The Labute approximate surface area is 116 Å². The molecule has 0 aliphatic heterocycles. The Kier molecular flexibility index (Phi) is 3.06. The largest absolute Gasteiger partial charge is 0.477 e. The lowest BCUT2D eigenvalue weighted by molar-refractivity contribution is 0.0691. The van der Waals surface area contributed by atoms with Crippen molar-refractivity contribution in [3.05, 3.63) is 36.0 Å². The van der Waals surface area contributed by atoms with Crippen LogP contribution in [0.4, 0.5) is 5.69 Å². The molecule has 0 atom stereocenters. The molecule has 0 saturated heterocycles. The number of hydrogen-bond donors (Lipinski definition) is 3. The predicted octanol–water partition coefficient (Wildman–Crippen LogP) is 2.12. The fraction of sp³-hybridized carbons (Fsp3) is 0.333. The smallest absolute Gasteiger partial charge is 0.354 e. The first-order valence-corrected chi connectivity index (χ1v) is 6.61. The molecule has 0 radical (unpaired) electrons. The number of carboxylic acids is 1. The van der Waals surface area contributed by atoms with Crippen molar-refractivity contribution < 1.29 is 15.0 Å². The second-order valence-corrected chi connectivity index (χ2v) is 5.39. The minimum atomic E-state index is -1.04. The zero-order valence-electron chi connectivity index (χ0n) is 11.0. The lowest BCUT2D eigenvalue weighted by atomic mass is 10.1. The molecular formula is C15H16N2O3. The second kappa shape index (κ2) is 4.76. The lowest BCUT2D eigenvalue weighted by Gasteiger charge is -2.15. The third-order valence-electron chi connectivity index (χ3n) is 3.88. The maximum Gasteiger partial charge on any atom is 0.354 e. The fourth-order valence-corrected chi connectivity index (χ4v) is 2.28. The number of hydrogen-bond acceptors (Lipinski definition) is 4. The maximum absolute atomic E-state index is 11.1. The summed E-state index contributed by atoms with van der Waals surface area (Å²) in [5.74, 6) is -1.04. The van der Waals surface area contributed by atoms with Gasteiger partial charge in [-0.15, -0.1) is 0 Å². The van der Waals surface area contributed by atoms with E-state index in [9.17, 15) is 9.90 Å². The number of para-hydroxylation sites is 1. The molecular weight excluding hydrogens is 256 g/mol. The average Bonchev–Trinajstić information content (AvgIpc) is 3.25. The molecule has 3 N–H and O–H groups in total. The van der Waals surface area contributed by atoms with Crippen LogP contribution < -0.4 is 5.32 Å². The molecule has 0 spiro atoms. The van der Waals surface area contributed by atoms with E-state index < -0.39 is 5.97 Å². The monoisotopic (exact) mass is 272 g/mol. The zero-order chi connectivity index (χ0) is 14.2. The molecule has 20 heavy (non-hydrogen) atoms. The summed E-state index contributed by atoms with van der Waals surface area (Å²) in [6.07, 6.45) is 2.01. The van der Waals surface area contributed by atoms with E-state index in [-0.39, 0.29) is 17.7 Å². The fourth-order valence-electron chi connectivity index (χ4n) is 2.28. The summed E-state index contributed by atoms with van der Waals surface area (Å²) >= 11 is 0. The van der Waals surface area contributed by atoms with E-state index in [0.29, 0.717) is 12.1 Å². The Hall–Kier alpha value is -2.14. The lowest BCUT2D eigenvalue weighted by Crippen LogP contribution is -2.19. The molecule has 5 heteroatoms. The highest BCUT2D eigenvalue weighted by Crippen LogP contribution is 2.45. The highest BCUT2D eigenvalue weighted by atomic mass is 16.4. The number of anilines is 1. The third-order valence-corrected chi connectivity index (χ3v) is 3.88. The molecule has 1 aromatic heterocycles. The number of aromatic carboxylic acids is 1. The molecule has 1 heterocycles. The van der Waals surface area contributed by atoms with Gasteiger partial charge in [-0.05, 0) is 25.0 Å². The summed E-state index contributed by atoms with van der Waals surface area (Å²) in [5.41, 5.74) is 1.41. The van der Waals surface area contributed by atoms with E-state index in [1.165, 1.54) is 0 Å². The van der Waals surface area contributed by atoms with Gasteiger partial charge in [-0.3, -0.25) is 0 Å². The van der Waals surface area contributed by atoms with Crippen molar-refractivity contribution >= 4 is 22.6 Å². The van der Waals surface area contributed by atoms with Gasteiger partial charge < -0.3 is 15.5 Å². The molecule has 3 rings (SSSR count). The first-order chi connectivity index (χ1) is 9.63. The van der Waals surface area contributed by atoms with Crippen LogP contribution in [0.2, 0.25) is 0 Å². The van der Waals surface area contributed by atoms with Gasteiger partial charge in [0.2, 0.25) is 0 Å². The highest BCUT2D eigenvalue weighted by Gasteiger charge is 2.41. The minimum absolute atomic E-state index is 0.0278. The number of aliphatic hydroxyl groups excluding tert-OH is 1. The number of aromatic nitrogens is 1. The van der Waals surface area contributed by atoms with E-state index in [2.05, 4.69) is 10.3 Å². The van der Waals surface area contributed by atoms with Gasteiger partial charge in [-0.2, -0.15) is 0 Å². The number of benzene rings is 1. The number of nitrogens with zero attached hydrogens (tertiary/aromatic N) is 1. The molecule has 1 aliphatic rings. The topological polar surface area (TPSA) is 82.5 Å². The SMILES string of the molecule is O=C(O)c1cc(NCC2(CO)CC2)c2ccccc2n1. The van der Waals surface area contributed by atoms with E-state index >= 15 is 0 Å². The van der Waals surface area contributed by atoms with Crippen LogP contribution >= 0.6 is 0 Å². The number of nitrogens with one attached hydrogen (secondary N) is 1. The van der Waals surface area contributed by atoms with Gasteiger partial charge in [-0.25, -0.2) is 9.78 Å². The van der Waals surface area contributed by atoms with Crippen LogP contribution in [0.1, 0.15) is 23.3 Å². The van der Waals surface area contributed by atoms with Gasteiger partial charge in [0, 0.05) is 23.0 Å². The molecule has 1 saturated carbocycles. The van der Waals surface area contributed by atoms with Crippen molar-refractivity contribution in [2.75, 3.05) is 18.5 Å². The van der Waals surface area contributed by atoms with Crippen LogP contribution in [0.25, 0.3) is 10.9 Å². The number of aliphatic hydroxyl groups is 1. The molecule has 2 aromatic rings. The van der Waals surface area contributed by atoms with Gasteiger partial charge in [0.25, 0.3) is 0 Å². The van der Waals surface area contributed by atoms with Crippen LogP contribution in [-0.2, 0) is 0 Å². The Morgan fingerprint density at radius 2 is 2.10 bits per heavy atom. The van der Waals surface area contributed by atoms with Crippen LogP contribution in [0.5, 0.6) is 0 Å². The highest BCUT2D eigenvalue weighted by molar-refractivity contribution is 5.97. The van der Waals surface area contributed by atoms with Gasteiger partial charge in [0.1, 0.15) is 0 Å². The van der Waals surface area contributed by atoms with Crippen molar-refractivity contribution in [3.63, 3.8) is 0 Å². The summed E-state index contributed by atoms with van der Waals surface area (Å²) in [5, 5.41) is 22.6. The standard InChI is InChI=1S/C15H16N2O3/c18-9-15(5-6-15)8-16-12-7-13(14(19)20)17-11-4-2-1-3-10(11)12/h1-4,7,18H,5-6,8-9H2,(H,16,17)(H,19,20). The maximum atomic E-state index is 11.1. The Morgan fingerprint density at radius 1 is 1.35 bits per heavy atom. The van der Waals surface area contributed by atoms with Crippen molar-refractivity contribution in [2.24, 2.45) is 5.41 Å². The molecule has 1 aromatic carbocycles. The number of carbonyl (C=O) groups is 1. The second-order valence-electron chi connectivity index (χ2n) is 5.39. The van der Waals surface area contributed by atoms with Crippen molar-refractivity contribution in [1.82, 2.24) is 4.98 Å². The number of fused-ring (bicyclic) bond motifs is 1. The van der Waals surface area contributed by atoms with Crippen molar-refractivity contribution in [1.29, 1.82) is 0 Å². The molecule has 1 fully saturated rings. The number of pyridine rings is 1. The van der Waals surface area contributed by atoms with Crippen LogP contribution in [0, 0.1) is 5.41 Å². The van der Waals surface area contributed by atoms with E-state index in [0.717, 1.165) is 23.9 Å². The first-order valence-electron chi connectivity index (χ1n) is 6.61. The summed E-state index contributed by atoms with van der Waals surface area (Å²) in [6.45, 7) is 0.811. The third kappa shape index (κ3) is 2.32. The first kappa shape index (κ1) is 12.9. The minimum Gasteiger partial charge on any atom is -0.477 e. The van der Waals surface area contributed by atoms with E-state index in [4.69, 9.17) is 5.11 Å². The predicted molar refractivity (Wildman–Crippen MR) is 75.9 cm³/mol.